The summed E-state index contributed by atoms with van der Waals surface area (Å²) in [6.07, 6.45) is 1.12. The molecule has 1 amide bonds. The third-order valence-electron chi connectivity index (χ3n) is 3.09. The number of ether oxygens (including phenoxy) is 1. The van der Waals surface area contributed by atoms with Gasteiger partial charge in [-0.15, -0.1) is 0 Å². The summed E-state index contributed by atoms with van der Waals surface area (Å²) < 4.78 is 6.97. The van der Waals surface area contributed by atoms with Crippen LogP contribution in [0, 0.1) is 6.92 Å². The number of aromatic nitrogens is 2. The van der Waals surface area contributed by atoms with E-state index in [2.05, 4.69) is 10.3 Å². The van der Waals surface area contributed by atoms with Gasteiger partial charge < -0.3 is 14.4 Å². The Morgan fingerprint density at radius 2 is 2.05 bits per heavy atom. The summed E-state index contributed by atoms with van der Waals surface area (Å²) in [5.74, 6) is 0.646. The first kappa shape index (κ1) is 15.9. The molecule has 1 aromatic heterocycles. The van der Waals surface area contributed by atoms with Crippen molar-refractivity contribution < 1.29 is 14.6 Å². The molecule has 0 bridgehead atoms. The van der Waals surface area contributed by atoms with Crippen molar-refractivity contribution in [3.8, 4) is 17.0 Å². The van der Waals surface area contributed by atoms with E-state index in [0.29, 0.717) is 5.95 Å². The minimum Gasteiger partial charge on any atom is -0.508 e. The monoisotopic (exact) mass is 303 g/mol. The number of benzene rings is 1. The molecule has 6 heteroatoms. The van der Waals surface area contributed by atoms with Crippen molar-refractivity contribution in [3.63, 3.8) is 0 Å². The van der Waals surface area contributed by atoms with Crippen molar-refractivity contribution in [2.75, 3.05) is 5.32 Å². The summed E-state index contributed by atoms with van der Waals surface area (Å²) in [5.41, 5.74) is 1.95. The molecular formula is C16H21N3O3. The van der Waals surface area contributed by atoms with Gasteiger partial charge in [-0.25, -0.2) is 9.78 Å². The van der Waals surface area contributed by atoms with Crippen LogP contribution < -0.4 is 5.32 Å². The molecule has 0 aliphatic rings. The van der Waals surface area contributed by atoms with Gasteiger partial charge in [0.1, 0.15) is 11.4 Å². The maximum atomic E-state index is 11.8. The van der Waals surface area contributed by atoms with Crippen LogP contribution in [0.3, 0.4) is 0 Å². The van der Waals surface area contributed by atoms with Crippen molar-refractivity contribution in [1.82, 2.24) is 9.55 Å². The van der Waals surface area contributed by atoms with Crippen LogP contribution in [0.4, 0.5) is 10.7 Å². The highest BCUT2D eigenvalue weighted by atomic mass is 16.6. The first-order chi connectivity index (χ1) is 10.2. The maximum Gasteiger partial charge on any atom is 0.414 e. The van der Waals surface area contributed by atoms with Crippen LogP contribution in [0.1, 0.15) is 26.3 Å². The smallest absolute Gasteiger partial charge is 0.414 e. The van der Waals surface area contributed by atoms with Crippen LogP contribution in [-0.4, -0.2) is 26.4 Å². The summed E-state index contributed by atoms with van der Waals surface area (Å²) in [7, 11) is 1.80. The lowest BCUT2D eigenvalue weighted by atomic mass is 10.1. The molecule has 118 valence electrons. The zero-order valence-corrected chi connectivity index (χ0v) is 13.5. The fourth-order valence-corrected chi connectivity index (χ4v) is 2.00. The average molecular weight is 303 g/mol. The van der Waals surface area contributed by atoms with Gasteiger partial charge in [-0.05, 0) is 51.5 Å². The molecule has 0 saturated carbocycles. The second-order valence-corrected chi connectivity index (χ2v) is 6.15. The maximum absolute atomic E-state index is 11.8. The van der Waals surface area contributed by atoms with E-state index >= 15 is 0 Å². The van der Waals surface area contributed by atoms with Gasteiger partial charge in [0.05, 0.1) is 11.9 Å². The summed E-state index contributed by atoms with van der Waals surface area (Å²) in [6, 6.07) is 5.30. The number of amides is 1. The first-order valence-electron chi connectivity index (χ1n) is 6.99. The molecule has 2 N–H and O–H groups in total. The predicted octanol–water partition coefficient (Wildman–Crippen LogP) is 3.45. The number of nitrogens with one attached hydrogen (secondary N) is 1. The third-order valence-corrected chi connectivity index (χ3v) is 3.09. The van der Waals surface area contributed by atoms with E-state index < -0.39 is 11.7 Å². The number of aromatic hydroxyl groups is 1. The predicted molar refractivity (Wildman–Crippen MR) is 84.9 cm³/mol. The molecule has 0 aliphatic carbocycles. The largest absolute Gasteiger partial charge is 0.508 e. The van der Waals surface area contributed by atoms with E-state index in [9.17, 15) is 9.90 Å². The number of anilines is 1. The number of imidazole rings is 1. The van der Waals surface area contributed by atoms with Crippen LogP contribution in [-0.2, 0) is 11.8 Å². The van der Waals surface area contributed by atoms with E-state index in [1.54, 1.807) is 50.7 Å². The van der Waals surface area contributed by atoms with Crippen LogP contribution in [0.2, 0.25) is 0 Å². The summed E-state index contributed by atoms with van der Waals surface area (Å²) >= 11 is 0. The highest BCUT2D eigenvalue weighted by Gasteiger charge is 2.18. The van der Waals surface area contributed by atoms with Gasteiger partial charge in [-0.3, -0.25) is 5.32 Å². The highest BCUT2D eigenvalue weighted by molar-refractivity contribution is 5.83. The normalized spacial score (nSPS) is 11.3. The van der Waals surface area contributed by atoms with Crippen molar-refractivity contribution >= 4 is 12.0 Å². The van der Waals surface area contributed by atoms with Crippen LogP contribution in [0.5, 0.6) is 5.75 Å². The van der Waals surface area contributed by atoms with Gasteiger partial charge in [0.15, 0.2) is 0 Å². The number of nitrogens with zero attached hydrogens (tertiary/aromatic N) is 2. The standard InChI is InChI=1S/C16H21N3O3/c1-10-8-11(6-7-13(10)20)12-9-17-14(19(12)5)18-15(21)22-16(2,3)4/h6-9,20H,1-5H3,(H,17,18,21). The van der Waals surface area contributed by atoms with Crippen molar-refractivity contribution in [3.05, 3.63) is 30.0 Å². The fourth-order valence-electron chi connectivity index (χ4n) is 2.00. The second kappa shape index (κ2) is 5.71. The van der Waals surface area contributed by atoms with Crippen molar-refractivity contribution in [1.29, 1.82) is 0 Å². The minimum atomic E-state index is -0.563. The lowest BCUT2D eigenvalue weighted by molar-refractivity contribution is 0.0634. The van der Waals surface area contributed by atoms with Gasteiger partial charge in [0, 0.05) is 12.6 Å². The van der Waals surface area contributed by atoms with Crippen molar-refractivity contribution in [2.24, 2.45) is 7.05 Å². The van der Waals surface area contributed by atoms with Crippen LogP contribution in [0.25, 0.3) is 11.3 Å². The first-order valence-corrected chi connectivity index (χ1v) is 6.99. The highest BCUT2D eigenvalue weighted by Crippen LogP contribution is 2.26. The third kappa shape index (κ3) is 3.58. The summed E-state index contributed by atoms with van der Waals surface area (Å²) in [4.78, 5) is 16.0. The molecule has 2 aromatic rings. The quantitative estimate of drug-likeness (QED) is 0.891. The Hall–Kier alpha value is -2.50. The molecule has 0 fully saturated rings. The molecule has 0 unspecified atom stereocenters. The van der Waals surface area contributed by atoms with Crippen molar-refractivity contribution in [2.45, 2.75) is 33.3 Å². The molecule has 0 aliphatic heterocycles. The van der Waals surface area contributed by atoms with E-state index in [0.717, 1.165) is 16.8 Å². The van der Waals surface area contributed by atoms with E-state index in [-0.39, 0.29) is 5.75 Å². The Morgan fingerprint density at radius 3 is 2.64 bits per heavy atom. The van der Waals surface area contributed by atoms with Crippen LogP contribution >= 0.6 is 0 Å². The SMILES string of the molecule is Cc1cc(-c2cnc(NC(=O)OC(C)(C)C)n2C)ccc1O. The minimum absolute atomic E-state index is 0.248. The lowest BCUT2D eigenvalue weighted by Crippen LogP contribution is -2.28. The Kier molecular flexibility index (Phi) is 4.12. The van der Waals surface area contributed by atoms with Gasteiger partial charge in [-0.2, -0.15) is 0 Å². The lowest BCUT2D eigenvalue weighted by Gasteiger charge is -2.19. The topological polar surface area (TPSA) is 76.4 Å². The zero-order valence-electron chi connectivity index (χ0n) is 13.5. The van der Waals surface area contributed by atoms with E-state index in [1.807, 2.05) is 13.0 Å². The molecule has 22 heavy (non-hydrogen) atoms. The van der Waals surface area contributed by atoms with E-state index in [1.165, 1.54) is 0 Å². The molecule has 1 aromatic carbocycles. The number of carbonyl (C=O) groups is 1. The number of hydrogen-bond acceptors (Lipinski definition) is 4. The molecular weight excluding hydrogens is 282 g/mol. The van der Waals surface area contributed by atoms with Gasteiger partial charge in [0.2, 0.25) is 5.95 Å². The Balaban J connectivity index is 2.22. The van der Waals surface area contributed by atoms with Gasteiger partial charge in [-0.1, -0.05) is 0 Å². The molecule has 0 spiro atoms. The second-order valence-electron chi connectivity index (χ2n) is 6.15. The number of aryl methyl sites for hydroxylation is 1. The molecule has 1 heterocycles. The Labute approximate surface area is 129 Å². The number of hydrogen-bond donors (Lipinski definition) is 2. The number of phenols is 1. The zero-order chi connectivity index (χ0) is 16.5. The summed E-state index contributed by atoms with van der Waals surface area (Å²) in [6.45, 7) is 7.23. The summed E-state index contributed by atoms with van der Waals surface area (Å²) in [5, 5.41) is 12.2. The molecule has 2 rings (SSSR count). The van der Waals surface area contributed by atoms with Crippen LogP contribution in [0.15, 0.2) is 24.4 Å². The Bertz CT molecular complexity index is 699. The molecule has 0 atom stereocenters. The average Bonchev–Trinajstić information content (AvgIpc) is 2.72. The number of carbonyl (C=O) groups excluding carboxylic acids is 1. The molecule has 0 saturated heterocycles. The number of phenolic OH excluding ortho intramolecular Hbond substituents is 1. The molecule has 0 radical (unpaired) electrons. The Morgan fingerprint density at radius 1 is 1.36 bits per heavy atom. The fraction of sp³-hybridized carbons (Fsp3) is 0.375. The molecule has 6 nitrogen and oxygen atoms in total. The van der Waals surface area contributed by atoms with E-state index in [4.69, 9.17) is 4.74 Å². The van der Waals surface area contributed by atoms with Gasteiger partial charge in [0.25, 0.3) is 0 Å². The number of rotatable bonds is 2. The van der Waals surface area contributed by atoms with Gasteiger partial charge >= 0.3 is 6.09 Å².